The number of nitrogens with one attached hydrogen (secondary N) is 2. The second-order valence-electron chi connectivity index (χ2n) is 7.04. The van der Waals surface area contributed by atoms with E-state index in [0.29, 0.717) is 36.4 Å². The number of carbonyl (C=O) groups excluding carboxylic acids is 1. The van der Waals surface area contributed by atoms with Gasteiger partial charge in [0.1, 0.15) is 0 Å². The normalized spacial score (nSPS) is 16.1. The van der Waals surface area contributed by atoms with E-state index in [2.05, 4.69) is 10.9 Å². The molecule has 7 heteroatoms. The molecule has 2 aromatic rings. The van der Waals surface area contributed by atoms with E-state index >= 15 is 0 Å². The number of amides is 1. The molecule has 0 aromatic heterocycles. The van der Waals surface area contributed by atoms with E-state index in [-0.39, 0.29) is 4.90 Å². The standard InChI is InChI=1S/C20H23ClN2O3S/c1-14-8-9-18(12-15(14)2)27(25,26)20(10-3-4-11-20)19(24)23-22-17-7-5-6-16(21)13-17/h5-9,12-13,22H,3-4,10-11H2,1-2H3,(H,23,24). The van der Waals surface area contributed by atoms with Crippen LogP contribution in [0.15, 0.2) is 47.4 Å². The maximum atomic E-state index is 13.4. The van der Waals surface area contributed by atoms with Crippen molar-refractivity contribution in [3.8, 4) is 0 Å². The molecular formula is C20H23ClN2O3S. The minimum absolute atomic E-state index is 0.199. The molecule has 144 valence electrons. The fourth-order valence-electron chi connectivity index (χ4n) is 3.48. The van der Waals surface area contributed by atoms with Gasteiger partial charge in [-0.25, -0.2) is 8.42 Å². The minimum Gasteiger partial charge on any atom is -0.299 e. The largest absolute Gasteiger partial charge is 0.299 e. The summed E-state index contributed by atoms with van der Waals surface area (Å²) in [6, 6.07) is 11.9. The quantitative estimate of drug-likeness (QED) is 0.730. The lowest BCUT2D eigenvalue weighted by molar-refractivity contribution is -0.123. The number of carbonyl (C=O) groups is 1. The van der Waals surface area contributed by atoms with Gasteiger partial charge in [0.05, 0.1) is 10.6 Å². The van der Waals surface area contributed by atoms with Gasteiger partial charge in [0.2, 0.25) is 0 Å². The van der Waals surface area contributed by atoms with E-state index in [1.807, 2.05) is 13.8 Å². The topological polar surface area (TPSA) is 75.3 Å². The molecule has 5 nitrogen and oxygen atoms in total. The van der Waals surface area contributed by atoms with Crippen molar-refractivity contribution in [3.05, 3.63) is 58.6 Å². The fourth-order valence-corrected chi connectivity index (χ4v) is 5.82. The number of halogens is 1. The van der Waals surface area contributed by atoms with Crippen LogP contribution in [0.25, 0.3) is 0 Å². The Morgan fingerprint density at radius 3 is 2.37 bits per heavy atom. The number of hydrogen-bond acceptors (Lipinski definition) is 4. The molecule has 0 radical (unpaired) electrons. The smallest absolute Gasteiger partial charge is 0.260 e. The summed E-state index contributed by atoms with van der Waals surface area (Å²) in [4.78, 5) is 13.2. The van der Waals surface area contributed by atoms with Gasteiger partial charge in [-0.1, -0.05) is 36.6 Å². The molecule has 0 saturated heterocycles. The van der Waals surface area contributed by atoms with E-state index in [1.54, 1.807) is 42.5 Å². The number of aryl methyl sites for hydroxylation is 2. The molecule has 2 N–H and O–H groups in total. The molecule has 0 bridgehead atoms. The molecule has 1 saturated carbocycles. The molecule has 2 aromatic carbocycles. The highest BCUT2D eigenvalue weighted by Gasteiger charge is 2.53. The van der Waals surface area contributed by atoms with Gasteiger partial charge < -0.3 is 0 Å². The first-order valence-corrected chi connectivity index (χ1v) is 10.8. The summed E-state index contributed by atoms with van der Waals surface area (Å²) < 4.78 is 25.4. The van der Waals surface area contributed by atoms with Crippen LogP contribution in [0.2, 0.25) is 5.02 Å². The second-order valence-corrected chi connectivity index (χ2v) is 9.74. The van der Waals surface area contributed by atoms with Crippen LogP contribution in [-0.2, 0) is 14.6 Å². The molecule has 0 atom stereocenters. The summed E-state index contributed by atoms with van der Waals surface area (Å²) in [7, 11) is -3.83. The minimum atomic E-state index is -3.83. The van der Waals surface area contributed by atoms with Crippen LogP contribution < -0.4 is 10.9 Å². The lowest BCUT2D eigenvalue weighted by Crippen LogP contribution is -2.52. The Balaban J connectivity index is 1.90. The van der Waals surface area contributed by atoms with Crippen molar-refractivity contribution in [3.63, 3.8) is 0 Å². The number of anilines is 1. The van der Waals surface area contributed by atoms with Gasteiger partial charge in [-0.3, -0.25) is 15.6 Å². The summed E-state index contributed by atoms with van der Waals surface area (Å²) in [6.45, 7) is 3.80. The molecule has 0 spiro atoms. The van der Waals surface area contributed by atoms with Gasteiger partial charge in [0, 0.05) is 5.02 Å². The lowest BCUT2D eigenvalue weighted by Gasteiger charge is -2.28. The van der Waals surface area contributed by atoms with Crippen LogP contribution in [-0.4, -0.2) is 19.1 Å². The predicted molar refractivity (Wildman–Crippen MR) is 108 cm³/mol. The van der Waals surface area contributed by atoms with Crippen LogP contribution in [0.4, 0.5) is 5.69 Å². The summed E-state index contributed by atoms with van der Waals surface area (Å²) in [5, 5.41) is 0.521. The van der Waals surface area contributed by atoms with Crippen molar-refractivity contribution in [2.45, 2.75) is 49.2 Å². The van der Waals surface area contributed by atoms with E-state index in [0.717, 1.165) is 11.1 Å². The molecule has 3 rings (SSSR count). The summed E-state index contributed by atoms with van der Waals surface area (Å²) in [6.07, 6.45) is 2.03. The highest BCUT2D eigenvalue weighted by Crippen LogP contribution is 2.41. The number of hydrazine groups is 1. The maximum Gasteiger partial charge on any atom is 0.260 e. The highest BCUT2D eigenvalue weighted by molar-refractivity contribution is 7.93. The first-order valence-electron chi connectivity index (χ1n) is 8.90. The van der Waals surface area contributed by atoms with Crippen molar-refractivity contribution < 1.29 is 13.2 Å². The zero-order valence-corrected chi connectivity index (χ0v) is 17.0. The van der Waals surface area contributed by atoms with Gasteiger partial charge >= 0.3 is 0 Å². The van der Waals surface area contributed by atoms with Crippen molar-refractivity contribution in [1.82, 2.24) is 5.43 Å². The monoisotopic (exact) mass is 406 g/mol. The third kappa shape index (κ3) is 3.69. The summed E-state index contributed by atoms with van der Waals surface area (Å²) in [5.74, 6) is -0.529. The molecule has 0 aliphatic heterocycles. The number of hydrogen-bond donors (Lipinski definition) is 2. The van der Waals surface area contributed by atoms with E-state index in [4.69, 9.17) is 11.6 Å². The predicted octanol–water partition coefficient (Wildman–Crippen LogP) is 4.19. The molecule has 1 aliphatic rings. The highest BCUT2D eigenvalue weighted by atomic mass is 35.5. The van der Waals surface area contributed by atoms with Gasteiger partial charge in [0.25, 0.3) is 5.91 Å². The van der Waals surface area contributed by atoms with Crippen LogP contribution in [0.3, 0.4) is 0 Å². The van der Waals surface area contributed by atoms with Gasteiger partial charge in [-0.2, -0.15) is 0 Å². The Bertz CT molecular complexity index is 967. The second kappa shape index (κ2) is 7.52. The number of benzene rings is 2. The van der Waals surface area contributed by atoms with Gasteiger partial charge in [-0.05, 0) is 68.1 Å². The molecule has 1 fully saturated rings. The Labute approximate surface area is 165 Å². The van der Waals surface area contributed by atoms with Crippen LogP contribution in [0, 0.1) is 13.8 Å². The van der Waals surface area contributed by atoms with E-state index < -0.39 is 20.5 Å². The molecular weight excluding hydrogens is 384 g/mol. The Morgan fingerprint density at radius 1 is 1.04 bits per heavy atom. The summed E-state index contributed by atoms with van der Waals surface area (Å²) in [5.41, 5.74) is 7.86. The van der Waals surface area contributed by atoms with Gasteiger partial charge in [-0.15, -0.1) is 0 Å². The molecule has 27 heavy (non-hydrogen) atoms. The van der Waals surface area contributed by atoms with Gasteiger partial charge in [0.15, 0.2) is 14.6 Å². The van der Waals surface area contributed by atoms with E-state index in [9.17, 15) is 13.2 Å². The SMILES string of the molecule is Cc1ccc(S(=O)(=O)C2(C(=O)NNc3cccc(Cl)c3)CCCC2)cc1C. The van der Waals surface area contributed by atoms with E-state index in [1.165, 1.54) is 0 Å². The Kier molecular flexibility index (Phi) is 5.49. The molecule has 0 heterocycles. The molecule has 1 aliphatic carbocycles. The van der Waals surface area contributed by atoms with Crippen molar-refractivity contribution in [1.29, 1.82) is 0 Å². The number of rotatable bonds is 5. The Hall–Kier alpha value is -2.05. The van der Waals surface area contributed by atoms with Crippen LogP contribution in [0.1, 0.15) is 36.8 Å². The van der Waals surface area contributed by atoms with Crippen molar-refractivity contribution >= 4 is 33.0 Å². The maximum absolute atomic E-state index is 13.4. The van der Waals surface area contributed by atoms with Crippen LogP contribution >= 0.6 is 11.6 Å². The lowest BCUT2D eigenvalue weighted by atomic mass is 10.1. The average molecular weight is 407 g/mol. The van der Waals surface area contributed by atoms with Crippen LogP contribution in [0.5, 0.6) is 0 Å². The summed E-state index contributed by atoms with van der Waals surface area (Å²) >= 11 is 5.95. The number of sulfone groups is 1. The first kappa shape index (κ1) is 19.7. The van der Waals surface area contributed by atoms with Crippen molar-refractivity contribution in [2.75, 3.05) is 5.43 Å². The van der Waals surface area contributed by atoms with Crippen molar-refractivity contribution in [2.24, 2.45) is 0 Å². The molecule has 0 unspecified atom stereocenters. The third-order valence-corrected chi connectivity index (χ3v) is 8.01. The zero-order chi connectivity index (χ0) is 19.7. The fraction of sp³-hybridized carbons (Fsp3) is 0.350. The Morgan fingerprint density at radius 2 is 1.74 bits per heavy atom. The molecule has 1 amide bonds. The third-order valence-electron chi connectivity index (χ3n) is 5.27. The average Bonchev–Trinajstić information content (AvgIpc) is 3.14. The first-order chi connectivity index (χ1) is 12.8. The zero-order valence-electron chi connectivity index (χ0n) is 15.4.